The minimum Gasteiger partial charge on any atom is -0.508 e. The Kier molecular flexibility index (Phi) is 2.67. The zero-order valence-corrected chi connectivity index (χ0v) is 9.79. The lowest BCUT2D eigenvalue weighted by Gasteiger charge is -2.02. The molecule has 0 radical (unpaired) electrons. The molecule has 5 heteroatoms. The number of alkyl halides is 2. The molecule has 3 aromatic rings. The molecular weight excluding hydrogens is 250 g/mol. The van der Waals surface area contributed by atoms with Crippen LogP contribution in [0, 0.1) is 0 Å². The maximum Gasteiger partial charge on any atom is 0.333 e. The van der Waals surface area contributed by atoms with Gasteiger partial charge >= 0.3 is 6.55 Å². The second kappa shape index (κ2) is 4.35. The van der Waals surface area contributed by atoms with Crippen molar-refractivity contribution in [3.05, 3.63) is 48.7 Å². The highest BCUT2D eigenvalue weighted by Gasteiger charge is 2.09. The standard InChI is InChI=1S/C14H10F2N2O/c15-14(16)18-6-5-13(17-18)11-2-1-10-8-12(19)4-3-9(10)7-11/h1-8,14,19H. The first-order chi connectivity index (χ1) is 9.13. The molecule has 1 aromatic heterocycles. The quantitative estimate of drug-likeness (QED) is 0.761. The number of aromatic hydroxyl groups is 1. The van der Waals surface area contributed by atoms with Gasteiger partial charge in [-0.2, -0.15) is 13.9 Å². The fourth-order valence-electron chi connectivity index (χ4n) is 1.99. The Morgan fingerprint density at radius 3 is 2.47 bits per heavy atom. The van der Waals surface area contributed by atoms with Gasteiger partial charge in [0.1, 0.15) is 5.75 Å². The number of hydrogen-bond acceptors (Lipinski definition) is 2. The number of phenolic OH excluding ortho intramolecular Hbond substituents is 1. The smallest absolute Gasteiger partial charge is 0.333 e. The van der Waals surface area contributed by atoms with Crippen LogP contribution in [0.3, 0.4) is 0 Å². The van der Waals surface area contributed by atoms with Crippen molar-refractivity contribution >= 4 is 10.8 Å². The van der Waals surface area contributed by atoms with Crippen molar-refractivity contribution < 1.29 is 13.9 Å². The fraction of sp³-hybridized carbons (Fsp3) is 0.0714. The number of aromatic nitrogens is 2. The third kappa shape index (κ3) is 2.14. The van der Waals surface area contributed by atoms with E-state index in [4.69, 9.17) is 0 Å². The zero-order chi connectivity index (χ0) is 13.4. The van der Waals surface area contributed by atoms with Gasteiger partial charge in [0, 0.05) is 11.8 Å². The van der Waals surface area contributed by atoms with Crippen LogP contribution in [0.25, 0.3) is 22.0 Å². The van der Waals surface area contributed by atoms with Gasteiger partial charge in [0.15, 0.2) is 0 Å². The van der Waals surface area contributed by atoms with Crippen LogP contribution in [0.4, 0.5) is 8.78 Å². The molecule has 0 saturated carbocycles. The van der Waals surface area contributed by atoms with Crippen molar-refractivity contribution in [1.82, 2.24) is 9.78 Å². The minimum atomic E-state index is -2.63. The number of benzene rings is 2. The molecule has 3 rings (SSSR count). The molecule has 2 aromatic carbocycles. The maximum absolute atomic E-state index is 12.5. The maximum atomic E-state index is 12.5. The van der Waals surface area contributed by atoms with Gasteiger partial charge in [-0.1, -0.05) is 18.2 Å². The molecule has 3 nitrogen and oxygen atoms in total. The third-order valence-electron chi connectivity index (χ3n) is 2.93. The Bertz CT molecular complexity index is 737. The largest absolute Gasteiger partial charge is 0.508 e. The van der Waals surface area contributed by atoms with Crippen LogP contribution in [0.1, 0.15) is 6.55 Å². The second-order valence-corrected chi connectivity index (χ2v) is 4.20. The second-order valence-electron chi connectivity index (χ2n) is 4.20. The molecule has 96 valence electrons. The molecule has 0 bridgehead atoms. The summed E-state index contributed by atoms with van der Waals surface area (Å²) < 4.78 is 25.6. The van der Waals surface area contributed by atoms with Crippen molar-refractivity contribution in [3.63, 3.8) is 0 Å². The Morgan fingerprint density at radius 1 is 1.00 bits per heavy atom. The summed E-state index contributed by atoms with van der Waals surface area (Å²) in [6.07, 6.45) is 1.25. The fourth-order valence-corrected chi connectivity index (χ4v) is 1.99. The van der Waals surface area contributed by atoms with E-state index in [-0.39, 0.29) is 5.75 Å². The molecule has 0 amide bonds. The van der Waals surface area contributed by atoms with Gasteiger partial charge in [-0.05, 0) is 35.0 Å². The van der Waals surface area contributed by atoms with Gasteiger partial charge in [0.05, 0.1) is 5.69 Å². The lowest BCUT2D eigenvalue weighted by molar-refractivity contribution is 0.0568. The van der Waals surface area contributed by atoms with Gasteiger partial charge in [-0.3, -0.25) is 0 Å². The monoisotopic (exact) mass is 260 g/mol. The van der Waals surface area contributed by atoms with Gasteiger partial charge < -0.3 is 5.11 Å². The highest BCUT2D eigenvalue weighted by molar-refractivity contribution is 5.87. The predicted octanol–water partition coefficient (Wildman–Crippen LogP) is 3.80. The zero-order valence-electron chi connectivity index (χ0n) is 9.79. The highest BCUT2D eigenvalue weighted by Crippen LogP contribution is 2.26. The summed E-state index contributed by atoms with van der Waals surface area (Å²) in [5, 5.41) is 15.0. The van der Waals surface area contributed by atoms with Crippen molar-refractivity contribution in [2.24, 2.45) is 0 Å². The molecule has 0 aliphatic rings. The first-order valence-electron chi connectivity index (χ1n) is 5.70. The first kappa shape index (κ1) is 11.6. The number of phenols is 1. The van der Waals surface area contributed by atoms with Gasteiger partial charge in [-0.15, -0.1) is 0 Å². The summed E-state index contributed by atoms with van der Waals surface area (Å²) in [6, 6.07) is 12.0. The Morgan fingerprint density at radius 2 is 1.74 bits per heavy atom. The van der Waals surface area contributed by atoms with E-state index >= 15 is 0 Å². The Balaban J connectivity index is 2.07. The summed E-state index contributed by atoms with van der Waals surface area (Å²) in [5.41, 5.74) is 1.26. The van der Waals surface area contributed by atoms with E-state index < -0.39 is 6.55 Å². The summed E-state index contributed by atoms with van der Waals surface area (Å²) in [7, 11) is 0. The summed E-state index contributed by atoms with van der Waals surface area (Å²) in [6.45, 7) is -2.63. The molecule has 0 unspecified atom stereocenters. The molecule has 0 spiro atoms. The summed E-state index contributed by atoms with van der Waals surface area (Å²) in [4.78, 5) is 0. The molecule has 0 atom stereocenters. The van der Waals surface area contributed by atoms with Crippen LogP contribution in [-0.4, -0.2) is 14.9 Å². The molecule has 0 saturated heterocycles. The van der Waals surface area contributed by atoms with Crippen molar-refractivity contribution in [3.8, 4) is 17.0 Å². The molecule has 1 N–H and O–H groups in total. The van der Waals surface area contributed by atoms with Gasteiger partial charge in [0.25, 0.3) is 0 Å². The molecular formula is C14H10F2N2O. The average Bonchev–Trinajstić information content (AvgIpc) is 2.88. The van der Waals surface area contributed by atoms with Crippen LogP contribution in [0.5, 0.6) is 5.75 Å². The van der Waals surface area contributed by atoms with E-state index in [1.807, 2.05) is 12.1 Å². The average molecular weight is 260 g/mol. The number of nitrogens with zero attached hydrogens (tertiary/aromatic N) is 2. The summed E-state index contributed by atoms with van der Waals surface area (Å²) >= 11 is 0. The van der Waals surface area contributed by atoms with Crippen LogP contribution in [0.15, 0.2) is 48.7 Å². The lowest BCUT2D eigenvalue weighted by atomic mass is 10.1. The van der Waals surface area contributed by atoms with E-state index in [1.165, 1.54) is 6.20 Å². The molecule has 1 heterocycles. The SMILES string of the molecule is Oc1ccc2cc(-c3ccn(C(F)F)n3)ccc2c1. The van der Waals surface area contributed by atoms with E-state index in [0.29, 0.717) is 10.4 Å². The van der Waals surface area contributed by atoms with Crippen LogP contribution < -0.4 is 0 Å². The number of rotatable bonds is 2. The predicted molar refractivity (Wildman–Crippen MR) is 68.1 cm³/mol. The van der Waals surface area contributed by atoms with Crippen LogP contribution in [0.2, 0.25) is 0 Å². The van der Waals surface area contributed by atoms with Crippen LogP contribution >= 0.6 is 0 Å². The van der Waals surface area contributed by atoms with Crippen molar-refractivity contribution in [2.45, 2.75) is 6.55 Å². The topological polar surface area (TPSA) is 38.0 Å². The lowest BCUT2D eigenvalue weighted by Crippen LogP contribution is -1.98. The number of fused-ring (bicyclic) bond motifs is 1. The number of hydrogen-bond donors (Lipinski definition) is 1. The van der Waals surface area contributed by atoms with Gasteiger partial charge in [-0.25, -0.2) is 4.68 Å². The highest BCUT2D eigenvalue weighted by atomic mass is 19.3. The summed E-state index contributed by atoms with van der Waals surface area (Å²) in [5.74, 6) is 0.197. The van der Waals surface area contributed by atoms with Crippen molar-refractivity contribution in [1.29, 1.82) is 0 Å². The third-order valence-corrected chi connectivity index (χ3v) is 2.93. The normalized spacial score (nSPS) is 11.3. The Labute approximate surface area is 107 Å². The minimum absolute atomic E-state index is 0.197. The first-order valence-corrected chi connectivity index (χ1v) is 5.70. The molecule has 0 aliphatic heterocycles. The van der Waals surface area contributed by atoms with E-state index in [0.717, 1.165) is 16.3 Å². The van der Waals surface area contributed by atoms with E-state index in [2.05, 4.69) is 5.10 Å². The molecule has 19 heavy (non-hydrogen) atoms. The molecule has 0 fully saturated rings. The van der Waals surface area contributed by atoms with E-state index in [1.54, 1.807) is 30.3 Å². The van der Waals surface area contributed by atoms with Gasteiger partial charge in [0.2, 0.25) is 0 Å². The molecule has 0 aliphatic carbocycles. The Hall–Kier alpha value is -2.43. The van der Waals surface area contributed by atoms with E-state index in [9.17, 15) is 13.9 Å². The number of halogens is 2. The van der Waals surface area contributed by atoms with Crippen molar-refractivity contribution in [2.75, 3.05) is 0 Å². The van der Waals surface area contributed by atoms with Crippen LogP contribution in [-0.2, 0) is 0 Å².